The van der Waals surface area contributed by atoms with Crippen LogP contribution in [0.5, 0.6) is 0 Å². The Labute approximate surface area is 68.7 Å². The predicted molar refractivity (Wildman–Crippen MR) is 38.4 cm³/mol. The molecule has 0 aromatic heterocycles. The maximum absolute atomic E-state index is 10.7. The summed E-state index contributed by atoms with van der Waals surface area (Å²) in [6, 6.07) is -0.920. The topological polar surface area (TPSA) is 102 Å². The molecule has 0 spiro atoms. The van der Waals surface area contributed by atoms with E-state index in [-0.39, 0.29) is 6.61 Å². The minimum absolute atomic E-state index is 0.279. The van der Waals surface area contributed by atoms with Crippen molar-refractivity contribution in [3.63, 3.8) is 0 Å². The second-order valence-electron chi connectivity index (χ2n) is 2.46. The Morgan fingerprint density at radius 3 is 2.67 bits per heavy atom. The first-order valence-electron chi connectivity index (χ1n) is 3.50. The van der Waals surface area contributed by atoms with Crippen molar-refractivity contribution in [2.24, 2.45) is 5.73 Å². The Balaban J connectivity index is 2.67. The monoisotopic (exact) mass is 174 g/mol. The number of primary amides is 1. The van der Waals surface area contributed by atoms with Gasteiger partial charge >= 0.3 is 5.97 Å². The summed E-state index contributed by atoms with van der Waals surface area (Å²) in [6.07, 6.45) is -1.16. The van der Waals surface area contributed by atoms with Crippen molar-refractivity contribution in [1.82, 2.24) is 5.32 Å². The number of carboxylic acids is 1. The minimum Gasteiger partial charge on any atom is -0.479 e. The standard InChI is InChI=1S/C6H10N2O4/c7-5(9)3-4(6(10)11)12-2-1-8-3/h3-4,8H,1-2H2,(H2,7,9)(H,10,11). The van der Waals surface area contributed by atoms with E-state index in [9.17, 15) is 9.59 Å². The van der Waals surface area contributed by atoms with E-state index in [0.717, 1.165) is 0 Å². The van der Waals surface area contributed by atoms with Gasteiger partial charge in [0, 0.05) is 6.54 Å². The molecule has 0 radical (unpaired) electrons. The van der Waals surface area contributed by atoms with Crippen LogP contribution in [0, 0.1) is 0 Å². The van der Waals surface area contributed by atoms with Crippen molar-refractivity contribution in [2.45, 2.75) is 12.1 Å². The predicted octanol–water partition coefficient (Wildman–Crippen LogP) is -2.09. The Morgan fingerprint density at radius 1 is 1.58 bits per heavy atom. The van der Waals surface area contributed by atoms with Crippen LogP contribution in [-0.4, -0.2) is 42.3 Å². The molecule has 1 rings (SSSR count). The molecule has 0 bridgehead atoms. The van der Waals surface area contributed by atoms with E-state index in [2.05, 4.69) is 5.32 Å². The molecule has 2 atom stereocenters. The summed E-state index contributed by atoms with van der Waals surface area (Å²) in [6.45, 7) is 0.720. The van der Waals surface area contributed by atoms with Crippen LogP contribution in [0.3, 0.4) is 0 Å². The van der Waals surface area contributed by atoms with Crippen LogP contribution < -0.4 is 11.1 Å². The lowest BCUT2D eigenvalue weighted by Crippen LogP contribution is -2.58. The van der Waals surface area contributed by atoms with Crippen LogP contribution >= 0.6 is 0 Å². The van der Waals surface area contributed by atoms with E-state index in [1.165, 1.54) is 0 Å². The van der Waals surface area contributed by atoms with E-state index in [1.54, 1.807) is 0 Å². The van der Waals surface area contributed by atoms with Gasteiger partial charge in [0.2, 0.25) is 5.91 Å². The quantitative estimate of drug-likeness (QED) is 0.445. The summed E-state index contributed by atoms with van der Waals surface area (Å²) >= 11 is 0. The maximum Gasteiger partial charge on any atom is 0.335 e. The first-order valence-corrected chi connectivity index (χ1v) is 3.50. The normalized spacial score (nSPS) is 29.7. The Kier molecular flexibility index (Phi) is 2.61. The second-order valence-corrected chi connectivity index (χ2v) is 2.46. The number of carbonyl (C=O) groups is 2. The molecule has 0 aromatic carbocycles. The number of carbonyl (C=O) groups excluding carboxylic acids is 1. The van der Waals surface area contributed by atoms with Gasteiger partial charge in [0.05, 0.1) is 6.61 Å². The number of hydrogen-bond acceptors (Lipinski definition) is 4. The Morgan fingerprint density at radius 2 is 2.25 bits per heavy atom. The number of nitrogens with two attached hydrogens (primary N) is 1. The number of rotatable bonds is 2. The summed E-state index contributed by atoms with van der Waals surface area (Å²) in [5.41, 5.74) is 4.95. The third-order valence-corrected chi connectivity index (χ3v) is 1.62. The van der Waals surface area contributed by atoms with Crippen molar-refractivity contribution >= 4 is 11.9 Å². The highest BCUT2D eigenvalue weighted by Gasteiger charge is 2.35. The molecule has 1 heterocycles. The van der Waals surface area contributed by atoms with Crippen LogP contribution in [0.1, 0.15) is 0 Å². The van der Waals surface area contributed by atoms with E-state index in [4.69, 9.17) is 15.6 Å². The first-order chi connectivity index (χ1) is 5.63. The van der Waals surface area contributed by atoms with Gasteiger partial charge in [-0.3, -0.25) is 4.79 Å². The molecule has 0 aromatic rings. The smallest absolute Gasteiger partial charge is 0.335 e. The van der Waals surface area contributed by atoms with Crippen molar-refractivity contribution in [1.29, 1.82) is 0 Å². The van der Waals surface area contributed by atoms with Crippen molar-refractivity contribution in [3.8, 4) is 0 Å². The lowest BCUT2D eigenvalue weighted by molar-refractivity contribution is -0.158. The average molecular weight is 174 g/mol. The van der Waals surface area contributed by atoms with Crippen LogP contribution in [0.15, 0.2) is 0 Å². The van der Waals surface area contributed by atoms with Crippen molar-refractivity contribution in [3.05, 3.63) is 0 Å². The number of aliphatic carboxylic acids is 1. The van der Waals surface area contributed by atoms with Gasteiger partial charge in [-0.25, -0.2) is 4.79 Å². The summed E-state index contributed by atoms with van der Waals surface area (Å²) in [5, 5.41) is 11.3. The number of hydrogen-bond donors (Lipinski definition) is 3. The van der Waals surface area contributed by atoms with E-state index >= 15 is 0 Å². The second kappa shape index (κ2) is 3.51. The molecule has 12 heavy (non-hydrogen) atoms. The van der Waals surface area contributed by atoms with Crippen LogP contribution in [0.25, 0.3) is 0 Å². The Hall–Kier alpha value is -1.14. The molecule has 1 aliphatic rings. The number of morpholine rings is 1. The molecular weight excluding hydrogens is 164 g/mol. The first kappa shape index (κ1) is 8.95. The molecule has 0 aliphatic carbocycles. The largest absolute Gasteiger partial charge is 0.479 e. The third-order valence-electron chi connectivity index (χ3n) is 1.62. The fourth-order valence-corrected chi connectivity index (χ4v) is 1.07. The Bertz CT molecular complexity index is 184. The zero-order chi connectivity index (χ0) is 9.14. The van der Waals surface area contributed by atoms with Crippen molar-refractivity contribution < 1.29 is 19.4 Å². The summed E-state index contributed by atoms with van der Waals surface area (Å²) in [5.74, 6) is -1.88. The lowest BCUT2D eigenvalue weighted by Gasteiger charge is -2.27. The molecule has 1 amide bonds. The molecule has 6 heteroatoms. The molecule has 0 saturated carbocycles. The fourth-order valence-electron chi connectivity index (χ4n) is 1.07. The number of amides is 1. The highest BCUT2D eigenvalue weighted by molar-refractivity contribution is 5.88. The summed E-state index contributed by atoms with van der Waals surface area (Å²) in [7, 11) is 0. The number of carboxylic acid groups (broad SMARTS) is 1. The molecule has 2 unspecified atom stereocenters. The summed E-state index contributed by atoms with van der Waals surface area (Å²) < 4.78 is 4.85. The third kappa shape index (κ3) is 1.72. The number of ether oxygens (including phenoxy) is 1. The molecule has 1 aliphatic heterocycles. The van der Waals surface area contributed by atoms with E-state index in [1.807, 2.05) is 0 Å². The summed E-state index contributed by atoms with van der Waals surface area (Å²) in [4.78, 5) is 21.2. The lowest BCUT2D eigenvalue weighted by atomic mass is 10.1. The average Bonchev–Trinajstić information content (AvgIpc) is 2.04. The van der Waals surface area contributed by atoms with Gasteiger partial charge < -0.3 is 20.9 Å². The molecule has 1 fully saturated rings. The SMILES string of the molecule is NC(=O)C1NCCOC1C(=O)O. The molecule has 68 valence electrons. The van der Waals surface area contributed by atoms with Gasteiger partial charge in [-0.1, -0.05) is 0 Å². The van der Waals surface area contributed by atoms with Gasteiger partial charge in [0.15, 0.2) is 6.10 Å². The zero-order valence-corrected chi connectivity index (χ0v) is 6.32. The highest BCUT2D eigenvalue weighted by Crippen LogP contribution is 2.04. The molecular formula is C6H10N2O4. The highest BCUT2D eigenvalue weighted by atomic mass is 16.5. The van der Waals surface area contributed by atoms with Gasteiger partial charge in [-0.05, 0) is 0 Å². The van der Waals surface area contributed by atoms with Crippen molar-refractivity contribution in [2.75, 3.05) is 13.2 Å². The molecule has 6 nitrogen and oxygen atoms in total. The van der Waals surface area contributed by atoms with Gasteiger partial charge in [-0.2, -0.15) is 0 Å². The van der Waals surface area contributed by atoms with E-state index < -0.39 is 24.0 Å². The van der Waals surface area contributed by atoms with Gasteiger partial charge in [0.25, 0.3) is 0 Å². The maximum atomic E-state index is 10.7. The van der Waals surface area contributed by atoms with Crippen LogP contribution in [0.2, 0.25) is 0 Å². The fraction of sp³-hybridized carbons (Fsp3) is 0.667. The van der Waals surface area contributed by atoms with E-state index in [0.29, 0.717) is 6.54 Å². The van der Waals surface area contributed by atoms with Crippen LogP contribution in [0.4, 0.5) is 0 Å². The molecule has 1 saturated heterocycles. The van der Waals surface area contributed by atoms with Gasteiger partial charge in [0.1, 0.15) is 6.04 Å². The zero-order valence-electron chi connectivity index (χ0n) is 6.32. The number of nitrogens with one attached hydrogen (secondary N) is 1. The van der Waals surface area contributed by atoms with Crippen LogP contribution in [-0.2, 0) is 14.3 Å². The van der Waals surface area contributed by atoms with Gasteiger partial charge in [-0.15, -0.1) is 0 Å². The minimum atomic E-state index is -1.18. The molecule has 4 N–H and O–H groups in total.